The van der Waals surface area contributed by atoms with E-state index >= 15 is 0 Å². The molecule has 0 radical (unpaired) electrons. The molecule has 6 heteroatoms. The standard InChI is InChI=1S/C14H11ClN2O3/c1-3-20-14(19)11(7-16)12-10-6-8(15)4-5-9(10)13(18)17(12)2/h4-6H,3H2,1-2H3/b12-11-. The van der Waals surface area contributed by atoms with Crippen LogP contribution in [0.3, 0.4) is 0 Å². The summed E-state index contributed by atoms with van der Waals surface area (Å²) >= 11 is 5.92. The third kappa shape index (κ3) is 2.15. The van der Waals surface area contributed by atoms with Gasteiger partial charge < -0.3 is 9.64 Å². The largest absolute Gasteiger partial charge is 0.462 e. The molecule has 0 saturated heterocycles. The summed E-state index contributed by atoms with van der Waals surface area (Å²) < 4.78 is 4.85. The lowest BCUT2D eigenvalue weighted by atomic mass is 10.0. The van der Waals surface area contributed by atoms with Crippen LogP contribution in [0.4, 0.5) is 0 Å². The van der Waals surface area contributed by atoms with Gasteiger partial charge in [-0.25, -0.2) is 4.79 Å². The molecule has 0 N–H and O–H groups in total. The van der Waals surface area contributed by atoms with Gasteiger partial charge in [0.2, 0.25) is 0 Å². The number of fused-ring (bicyclic) bond motifs is 1. The van der Waals surface area contributed by atoms with Gasteiger partial charge in [0.25, 0.3) is 5.91 Å². The molecule has 20 heavy (non-hydrogen) atoms. The lowest BCUT2D eigenvalue weighted by Gasteiger charge is -2.13. The number of ether oxygens (including phenoxy) is 1. The molecule has 0 aliphatic carbocycles. The highest BCUT2D eigenvalue weighted by molar-refractivity contribution is 6.31. The summed E-state index contributed by atoms with van der Waals surface area (Å²) in [5, 5.41) is 9.62. The van der Waals surface area contributed by atoms with Gasteiger partial charge in [0, 0.05) is 23.2 Å². The van der Waals surface area contributed by atoms with E-state index in [4.69, 9.17) is 16.3 Å². The second-order valence-electron chi connectivity index (χ2n) is 4.11. The summed E-state index contributed by atoms with van der Waals surface area (Å²) in [6.07, 6.45) is 0. The molecule has 0 spiro atoms. The topological polar surface area (TPSA) is 70.4 Å². The number of nitrogens with zero attached hydrogens (tertiary/aromatic N) is 2. The van der Waals surface area contributed by atoms with Gasteiger partial charge in [-0.1, -0.05) is 11.6 Å². The molecule has 1 aliphatic rings. The van der Waals surface area contributed by atoms with E-state index in [-0.39, 0.29) is 23.8 Å². The van der Waals surface area contributed by atoms with Gasteiger partial charge in [-0.3, -0.25) is 4.79 Å². The van der Waals surface area contributed by atoms with Crippen LogP contribution in [-0.4, -0.2) is 30.4 Å². The van der Waals surface area contributed by atoms with Crippen molar-refractivity contribution in [3.8, 4) is 6.07 Å². The fraction of sp³-hybridized carbons (Fsp3) is 0.214. The average molecular weight is 291 g/mol. The quantitative estimate of drug-likeness (QED) is 0.476. The van der Waals surface area contributed by atoms with E-state index in [0.717, 1.165) is 0 Å². The van der Waals surface area contributed by atoms with Crippen molar-refractivity contribution >= 4 is 29.2 Å². The van der Waals surface area contributed by atoms with Gasteiger partial charge in [-0.2, -0.15) is 5.26 Å². The minimum absolute atomic E-state index is 0.150. The Labute approximate surface area is 121 Å². The van der Waals surface area contributed by atoms with Gasteiger partial charge in [0.1, 0.15) is 6.07 Å². The molecule has 102 valence electrons. The SMILES string of the molecule is CCOC(=O)/C(C#N)=C1/c2cc(Cl)ccc2C(=O)N1C. The smallest absolute Gasteiger partial charge is 0.351 e. The zero-order valence-corrected chi connectivity index (χ0v) is 11.7. The lowest BCUT2D eigenvalue weighted by Crippen LogP contribution is -2.20. The predicted molar refractivity (Wildman–Crippen MR) is 72.7 cm³/mol. The van der Waals surface area contributed by atoms with Crippen LogP contribution >= 0.6 is 11.6 Å². The summed E-state index contributed by atoms with van der Waals surface area (Å²) in [5.74, 6) is -1.04. The first-order chi connectivity index (χ1) is 9.51. The molecule has 0 saturated carbocycles. The van der Waals surface area contributed by atoms with Crippen LogP contribution in [0.15, 0.2) is 23.8 Å². The van der Waals surface area contributed by atoms with Crippen molar-refractivity contribution < 1.29 is 14.3 Å². The van der Waals surface area contributed by atoms with Crippen molar-refractivity contribution in [2.75, 3.05) is 13.7 Å². The summed E-state index contributed by atoms with van der Waals surface area (Å²) in [4.78, 5) is 25.2. The van der Waals surface area contributed by atoms with Crippen LogP contribution in [0, 0.1) is 11.3 Å². The van der Waals surface area contributed by atoms with Crippen LogP contribution in [-0.2, 0) is 9.53 Å². The molecule has 1 aromatic rings. The fourth-order valence-corrected chi connectivity index (χ4v) is 2.23. The summed E-state index contributed by atoms with van der Waals surface area (Å²) in [7, 11) is 1.50. The highest BCUT2D eigenvalue weighted by Gasteiger charge is 2.34. The van der Waals surface area contributed by atoms with Gasteiger partial charge in [-0.05, 0) is 25.1 Å². The Hall–Kier alpha value is -2.32. The number of hydrogen-bond acceptors (Lipinski definition) is 4. The minimum atomic E-state index is -0.752. The van der Waals surface area contributed by atoms with Crippen LogP contribution in [0.25, 0.3) is 5.70 Å². The maximum absolute atomic E-state index is 12.1. The number of hydrogen-bond donors (Lipinski definition) is 0. The van der Waals surface area contributed by atoms with Crippen molar-refractivity contribution in [1.29, 1.82) is 5.26 Å². The Morgan fingerprint density at radius 1 is 1.45 bits per heavy atom. The minimum Gasteiger partial charge on any atom is -0.462 e. The monoisotopic (exact) mass is 290 g/mol. The molecular formula is C14H11ClN2O3. The van der Waals surface area contributed by atoms with E-state index in [1.165, 1.54) is 11.9 Å². The van der Waals surface area contributed by atoms with E-state index in [1.54, 1.807) is 25.1 Å². The molecule has 0 fully saturated rings. The molecule has 1 amide bonds. The molecule has 0 atom stereocenters. The molecule has 1 aromatic carbocycles. The number of amides is 1. The summed E-state index contributed by atoms with van der Waals surface area (Å²) in [6.45, 7) is 1.79. The van der Waals surface area contributed by atoms with E-state index in [2.05, 4.69) is 0 Å². The number of benzene rings is 1. The molecule has 1 heterocycles. The summed E-state index contributed by atoms with van der Waals surface area (Å²) in [5.41, 5.74) is 0.899. The zero-order chi connectivity index (χ0) is 14.9. The van der Waals surface area contributed by atoms with E-state index < -0.39 is 5.97 Å². The van der Waals surface area contributed by atoms with Crippen molar-refractivity contribution in [3.05, 3.63) is 39.9 Å². The molecular weight excluding hydrogens is 280 g/mol. The Morgan fingerprint density at radius 2 is 2.15 bits per heavy atom. The molecule has 0 unspecified atom stereocenters. The molecule has 1 aliphatic heterocycles. The number of esters is 1. The number of halogens is 1. The van der Waals surface area contributed by atoms with Gasteiger partial charge in [-0.15, -0.1) is 0 Å². The van der Waals surface area contributed by atoms with Crippen LogP contribution in [0.5, 0.6) is 0 Å². The fourth-order valence-electron chi connectivity index (χ4n) is 2.06. The predicted octanol–water partition coefficient (Wildman–Crippen LogP) is 2.22. The number of rotatable bonds is 2. The third-order valence-corrected chi connectivity index (χ3v) is 3.17. The Balaban J connectivity index is 2.69. The maximum Gasteiger partial charge on any atom is 0.351 e. The van der Waals surface area contributed by atoms with E-state index in [1.807, 2.05) is 6.07 Å². The number of carbonyl (C=O) groups is 2. The molecule has 0 bridgehead atoms. The van der Waals surface area contributed by atoms with E-state index in [9.17, 15) is 14.9 Å². The van der Waals surface area contributed by atoms with Crippen molar-refractivity contribution in [1.82, 2.24) is 4.90 Å². The molecule has 0 aromatic heterocycles. The van der Waals surface area contributed by atoms with E-state index in [0.29, 0.717) is 16.1 Å². The Morgan fingerprint density at radius 3 is 2.75 bits per heavy atom. The van der Waals surface area contributed by atoms with Crippen LogP contribution in [0.1, 0.15) is 22.8 Å². The number of carbonyl (C=O) groups excluding carboxylic acids is 2. The highest BCUT2D eigenvalue weighted by Crippen LogP contribution is 2.35. The van der Waals surface area contributed by atoms with Crippen LogP contribution in [0.2, 0.25) is 5.02 Å². The average Bonchev–Trinajstić information content (AvgIpc) is 2.65. The normalized spacial score (nSPS) is 15.7. The maximum atomic E-state index is 12.1. The molecule has 2 rings (SSSR count). The van der Waals surface area contributed by atoms with Crippen molar-refractivity contribution in [2.45, 2.75) is 6.92 Å². The first-order valence-electron chi connectivity index (χ1n) is 5.90. The Kier molecular flexibility index (Phi) is 3.77. The second-order valence-corrected chi connectivity index (χ2v) is 4.55. The number of nitriles is 1. The molecule has 5 nitrogen and oxygen atoms in total. The first kappa shape index (κ1) is 14.1. The second kappa shape index (κ2) is 5.35. The Bertz CT molecular complexity index is 673. The van der Waals surface area contributed by atoms with Gasteiger partial charge in [0.05, 0.1) is 12.3 Å². The first-order valence-corrected chi connectivity index (χ1v) is 6.28. The zero-order valence-electron chi connectivity index (χ0n) is 10.9. The van der Waals surface area contributed by atoms with Gasteiger partial charge >= 0.3 is 5.97 Å². The van der Waals surface area contributed by atoms with Crippen molar-refractivity contribution in [3.63, 3.8) is 0 Å². The van der Waals surface area contributed by atoms with Crippen LogP contribution < -0.4 is 0 Å². The third-order valence-electron chi connectivity index (χ3n) is 2.94. The highest BCUT2D eigenvalue weighted by atomic mass is 35.5. The van der Waals surface area contributed by atoms with Crippen molar-refractivity contribution in [2.24, 2.45) is 0 Å². The lowest BCUT2D eigenvalue weighted by molar-refractivity contribution is -0.137. The van der Waals surface area contributed by atoms with Gasteiger partial charge in [0.15, 0.2) is 5.57 Å². The summed E-state index contributed by atoms with van der Waals surface area (Å²) in [6, 6.07) is 6.53.